The van der Waals surface area contributed by atoms with Gasteiger partial charge in [-0.25, -0.2) is 4.79 Å². The largest absolute Gasteiger partial charge is 0.508 e. The first kappa shape index (κ1) is 56.4. The molecule has 17 N–H and O–H groups in total. The molecule has 0 saturated carbocycles. The summed E-state index contributed by atoms with van der Waals surface area (Å²) in [5.41, 5.74) is 23.0. The van der Waals surface area contributed by atoms with Gasteiger partial charge in [-0.15, -0.1) is 0 Å². The van der Waals surface area contributed by atoms with E-state index in [2.05, 4.69) is 37.2 Å². The Hall–Kier alpha value is -5.50. The van der Waals surface area contributed by atoms with Crippen LogP contribution < -0.4 is 60.2 Å². The quantitative estimate of drug-likeness (QED) is 0.0322. The summed E-state index contributed by atoms with van der Waals surface area (Å²) in [4.78, 5) is 115. The number of carboxylic acid groups (broad SMARTS) is 1. The van der Waals surface area contributed by atoms with E-state index in [1.165, 1.54) is 21.9 Å². The molecule has 0 radical (unpaired) electrons. The molecule has 396 valence electrons. The van der Waals surface area contributed by atoms with Gasteiger partial charge in [0.25, 0.3) is 0 Å². The number of nitrogens with one attached hydrogen (secondary N) is 7. The first-order valence-electron chi connectivity index (χ1n) is 25.2. The van der Waals surface area contributed by atoms with E-state index < -0.39 is 96.3 Å². The summed E-state index contributed by atoms with van der Waals surface area (Å²) in [5.74, 6) is -4.96. The molecule has 24 nitrogen and oxygen atoms in total. The van der Waals surface area contributed by atoms with Gasteiger partial charge < -0.3 is 74.4 Å². The number of likely N-dealkylation sites (tertiary alicyclic amines) is 3. The van der Waals surface area contributed by atoms with Crippen LogP contribution in [0.15, 0.2) is 24.3 Å². The highest BCUT2D eigenvalue weighted by Gasteiger charge is 2.44. The molecule has 8 atom stereocenters. The molecule has 7 amide bonds. The molecular weight excluding hydrogens is 921 g/mol. The topological polar surface area (TPSA) is 375 Å². The number of rotatable bonds is 26. The Morgan fingerprint density at radius 1 is 0.634 bits per heavy atom. The zero-order valence-electron chi connectivity index (χ0n) is 41.1. The molecule has 1 aromatic rings. The Morgan fingerprint density at radius 3 is 1.61 bits per heavy atom. The van der Waals surface area contributed by atoms with Gasteiger partial charge in [0.2, 0.25) is 41.4 Å². The standard InChI is InChI=1S/C47H78N14O10/c1-27(2)25-34(58-38(63)33(26-28-15-17-29(62)18-16-28)57-41(66)37-14-6-22-59(37)42(67)30-9-3-19-52-30)44(69)61-24-8-12-35(61)39(64)55-31(10-4-20-53-46(48)49)43(68)60-23-7-13-36(60)40(65)56-32(45(70)71)11-5-21-54-47(50)51/h15-18,27,30-37,46-47,52-54,62H,3-14,19-26,48-51H2,1-2H3,(H,55,64)(H,56,65)(H,57,66)(H,58,63)(H,70,71)/t30-,31-,32-,33-,34-,35-,36-,37-/m0/s1. The molecule has 24 heteroatoms. The van der Waals surface area contributed by atoms with Crippen LogP contribution in [0.25, 0.3) is 0 Å². The lowest BCUT2D eigenvalue weighted by Gasteiger charge is -2.33. The van der Waals surface area contributed by atoms with Gasteiger partial charge in [0.05, 0.1) is 6.04 Å². The van der Waals surface area contributed by atoms with Crippen molar-refractivity contribution in [1.29, 1.82) is 0 Å². The second kappa shape index (κ2) is 27.4. The number of aliphatic carboxylic acids is 1. The molecule has 0 aromatic heterocycles. The Bertz CT molecular complexity index is 1990. The Morgan fingerprint density at radius 2 is 1.11 bits per heavy atom. The third kappa shape index (κ3) is 16.5. The molecule has 4 saturated heterocycles. The summed E-state index contributed by atoms with van der Waals surface area (Å²) in [6, 6.07) is -1.71. The predicted octanol–water partition coefficient (Wildman–Crippen LogP) is -3.13. The lowest BCUT2D eigenvalue weighted by atomic mass is 10.00. The van der Waals surface area contributed by atoms with Crippen LogP contribution in [0.1, 0.15) is 103 Å². The van der Waals surface area contributed by atoms with Crippen molar-refractivity contribution < 1.29 is 48.6 Å². The van der Waals surface area contributed by atoms with Crippen LogP contribution in [0.4, 0.5) is 0 Å². The SMILES string of the molecule is CC(C)C[C@H](NC(=O)[C@H](Cc1ccc(O)cc1)NC(=O)[C@@H]1CCCN1C(=O)[C@@H]1CCCN1)C(=O)N1CCC[C@H]1C(=O)N[C@@H](CCCNC(N)N)C(=O)N1CCC[C@H]1C(=O)N[C@@H](CCCNC(N)N)C(=O)O. The van der Waals surface area contributed by atoms with Crippen molar-refractivity contribution >= 4 is 47.3 Å². The van der Waals surface area contributed by atoms with Crippen LogP contribution in [0.5, 0.6) is 5.75 Å². The molecule has 4 fully saturated rings. The Labute approximate surface area is 415 Å². The molecule has 4 aliphatic rings. The number of phenolic OH excluding ortho intramolecular Hbond substituents is 1. The number of aromatic hydroxyl groups is 1. The number of carbonyl (C=O) groups is 8. The number of benzene rings is 1. The summed E-state index contributed by atoms with van der Waals surface area (Å²) in [6.07, 6.45) is 3.42. The van der Waals surface area contributed by atoms with Crippen molar-refractivity contribution in [3.8, 4) is 5.75 Å². The number of carbonyl (C=O) groups excluding carboxylic acids is 7. The van der Waals surface area contributed by atoms with Gasteiger partial charge in [0.15, 0.2) is 0 Å². The number of amides is 7. The Kier molecular flexibility index (Phi) is 21.7. The van der Waals surface area contributed by atoms with Gasteiger partial charge in [-0.05, 0) is 127 Å². The van der Waals surface area contributed by atoms with Gasteiger partial charge in [-0.2, -0.15) is 0 Å². The highest BCUT2D eigenvalue weighted by molar-refractivity contribution is 5.98. The van der Waals surface area contributed by atoms with E-state index >= 15 is 0 Å². The number of hydrogen-bond acceptors (Lipinski definition) is 16. The summed E-state index contributed by atoms with van der Waals surface area (Å²) in [7, 11) is 0. The lowest BCUT2D eigenvalue weighted by molar-refractivity contribution is -0.146. The molecule has 71 heavy (non-hydrogen) atoms. The average Bonchev–Trinajstić information content (AvgIpc) is 4.18. The maximum atomic E-state index is 14.7. The van der Waals surface area contributed by atoms with Crippen molar-refractivity contribution in [2.45, 2.75) is 165 Å². The third-order valence-corrected chi connectivity index (χ3v) is 13.5. The van der Waals surface area contributed by atoms with Crippen LogP contribution in [0.3, 0.4) is 0 Å². The minimum absolute atomic E-state index is 0.00436. The summed E-state index contributed by atoms with van der Waals surface area (Å²) < 4.78 is 0. The van der Waals surface area contributed by atoms with E-state index in [4.69, 9.17) is 22.9 Å². The van der Waals surface area contributed by atoms with Gasteiger partial charge in [0.1, 0.15) is 60.6 Å². The van der Waals surface area contributed by atoms with Crippen molar-refractivity contribution in [2.24, 2.45) is 28.9 Å². The molecule has 1 aromatic carbocycles. The zero-order chi connectivity index (χ0) is 51.8. The minimum Gasteiger partial charge on any atom is -0.508 e. The molecule has 0 unspecified atom stereocenters. The normalized spacial score (nSPS) is 21.8. The van der Waals surface area contributed by atoms with Crippen molar-refractivity contribution in [2.75, 3.05) is 39.3 Å². The number of phenols is 1. The fourth-order valence-electron chi connectivity index (χ4n) is 9.92. The van der Waals surface area contributed by atoms with Crippen LogP contribution >= 0.6 is 0 Å². The van der Waals surface area contributed by atoms with E-state index in [9.17, 15) is 48.6 Å². The van der Waals surface area contributed by atoms with Crippen molar-refractivity contribution in [1.82, 2.24) is 51.9 Å². The number of nitrogens with zero attached hydrogens (tertiary/aromatic N) is 3. The fourth-order valence-corrected chi connectivity index (χ4v) is 9.92. The highest BCUT2D eigenvalue weighted by atomic mass is 16.4. The molecule has 0 bridgehead atoms. The van der Waals surface area contributed by atoms with Crippen molar-refractivity contribution in [3.05, 3.63) is 29.8 Å². The summed E-state index contributed by atoms with van der Waals surface area (Å²) in [5, 5.41) is 39.9. The van der Waals surface area contributed by atoms with Gasteiger partial charge in [-0.3, -0.25) is 44.2 Å². The fraction of sp³-hybridized carbons (Fsp3) is 0.702. The molecular formula is C47H78N14O10. The second-order valence-electron chi connectivity index (χ2n) is 19.5. The van der Waals surface area contributed by atoms with Crippen LogP contribution in [-0.4, -0.2) is 172 Å². The maximum absolute atomic E-state index is 14.7. The molecule has 4 aliphatic heterocycles. The van der Waals surface area contributed by atoms with Crippen LogP contribution in [0.2, 0.25) is 0 Å². The number of carboxylic acids is 1. The number of nitrogens with two attached hydrogens (primary N) is 4. The van der Waals surface area contributed by atoms with E-state index in [1.54, 1.807) is 17.0 Å². The molecule has 5 rings (SSSR count). The minimum atomic E-state index is -1.24. The van der Waals surface area contributed by atoms with Crippen LogP contribution in [0, 0.1) is 5.92 Å². The van der Waals surface area contributed by atoms with Gasteiger partial charge >= 0.3 is 5.97 Å². The lowest BCUT2D eigenvalue weighted by Crippen LogP contribution is -2.60. The maximum Gasteiger partial charge on any atom is 0.326 e. The predicted molar refractivity (Wildman–Crippen MR) is 261 cm³/mol. The number of hydrogen-bond donors (Lipinski definition) is 13. The third-order valence-electron chi connectivity index (χ3n) is 13.5. The first-order valence-corrected chi connectivity index (χ1v) is 25.2. The van der Waals surface area contributed by atoms with E-state index in [0.29, 0.717) is 76.7 Å². The zero-order valence-corrected chi connectivity index (χ0v) is 41.1. The summed E-state index contributed by atoms with van der Waals surface area (Å²) >= 11 is 0. The molecule has 0 spiro atoms. The van der Waals surface area contributed by atoms with E-state index in [-0.39, 0.29) is 75.2 Å². The Balaban J connectivity index is 1.30. The van der Waals surface area contributed by atoms with E-state index in [0.717, 1.165) is 6.42 Å². The summed E-state index contributed by atoms with van der Waals surface area (Å²) in [6.45, 7) is 5.86. The second-order valence-corrected chi connectivity index (χ2v) is 19.5. The van der Waals surface area contributed by atoms with Crippen molar-refractivity contribution in [3.63, 3.8) is 0 Å². The highest BCUT2D eigenvalue weighted by Crippen LogP contribution is 2.25. The molecule has 4 heterocycles. The van der Waals surface area contributed by atoms with Crippen LogP contribution in [-0.2, 0) is 44.8 Å². The smallest absolute Gasteiger partial charge is 0.326 e. The van der Waals surface area contributed by atoms with E-state index in [1.807, 2.05) is 13.8 Å². The first-order chi connectivity index (χ1) is 33.8. The van der Waals surface area contributed by atoms with Gasteiger partial charge in [-0.1, -0.05) is 26.0 Å². The van der Waals surface area contributed by atoms with Gasteiger partial charge in [0, 0.05) is 26.1 Å². The average molecular weight is 999 g/mol. The monoisotopic (exact) mass is 999 g/mol. The molecule has 0 aliphatic carbocycles.